The molecule has 0 aromatic carbocycles. The van der Waals surface area contributed by atoms with E-state index in [-0.39, 0.29) is 0 Å². The highest BCUT2D eigenvalue weighted by molar-refractivity contribution is 8.76. The Labute approximate surface area is 51.6 Å². The molecule has 0 saturated carbocycles. The van der Waals surface area contributed by atoms with Crippen LogP contribution in [0.3, 0.4) is 0 Å². The SMILES string of the molecule is CSSCCC=O. The van der Waals surface area contributed by atoms with E-state index in [0.29, 0.717) is 6.42 Å². The number of rotatable bonds is 4. The van der Waals surface area contributed by atoms with E-state index in [2.05, 4.69) is 0 Å². The van der Waals surface area contributed by atoms with Gasteiger partial charge in [0, 0.05) is 12.2 Å². The molecule has 0 unspecified atom stereocenters. The van der Waals surface area contributed by atoms with Crippen LogP contribution >= 0.6 is 21.6 Å². The minimum atomic E-state index is 0.686. The Kier molecular flexibility index (Phi) is 6.71. The van der Waals surface area contributed by atoms with E-state index in [4.69, 9.17) is 0 Å². The van der Waals surface area contributed by atoms with Crippen molar-refractivity contribution in [2.45, 2.75) is 6.42 Å². The molecule has 0 amide bonds. The molecule has 0 aromatic heterocycles. The lowest BCUT2D eigenvalue weighted by atomic mass is 10.6. The lowest BCUT2D eigenvalue weighted by Gasteiger charge is -1.85. The van der Waals surface area contributed by atoms with E-state index in [1.807, 2.05) is 6.26 Å². The topological polar surface area (TPSA) is 17.1 Å². The van der Waals surface area contributed by atoms with E-state index in [1.54, 1.807) is 21.6 Å². The average Bonchev–Trinajstić information content (AvgIpc) is 1.69. The predicted octanol–water partition coefficient (Wildman–Crippen LogP) is 1.59. The Hall–Kier alpha value is 0.370. The summed E-state index contributed by atoms with van der Waals surface area (Å²) in [6.45, 7) is 0. The molecule has 0 heterocycles. The molecule has 0 rings (SSSR count). The molecule has 0 aromatic rings. The van der Waals surface area contributed by atoms with Crippen molar-refractivity contribution in [1.29, 1.82) is 0 Å². The molecular formula is C4H8OS2. The normalized spacial score (nSPS) is 8.71. The highest BCUT2D eigenvalue weighted by atomic mass is 33.1. The van der Waals surface area contributed by atoms with Crippen LogP contribution in [0.15, 0.2) is 0 Å². The number of carbonyl (C=O) groups excluding carboxylic acids is 1. The van der Waals surface area contributed by atoms with Gasteiger partial charge in [-0.15, -0.1) is 0 Å². The van der Waals surface area contributed by atoms with Crippen molar-refractivity contribution in [2.24, 2.45) is 0 Å². The molecule has 0 aliphatic rings. The zero-order valence-electron chi connectivity index (χ0n) is 4.22. The van der Waals surface area contributed by atoms with Crippen molar-refractivity contribution in [3.8, 4) is 0 Å². The van der Waals surface area contributed by atoms with Gasteiger partial charge in [-0.3, -0.25) is 0 Å². The minimum Gasteiger partial charge on any atom is -0.303 e. The van der Waals surface area contributed by atoms with Gasteiger partial charge in [-0.1, -0.05) is 21.6 Å². The molecule has 7 heavy (non-hydrogen) atoms. The second-order valence-electron chi connectivity index (χ2n) is 0.944. The van der Waals surface area contributed by atoms with Gasteiger partial charge in [0.2, 0.25) is 0 Å². The summed E-state index contributed by atoms with van der Waals surface area (Å²) in [5.41, 5.74) is 0. The van der Waals surface area contributed by atoms with Crippen molar-refractivity contribution in [3.05, 3.63) is 0 Å². The molecule has 0 saturated heterocycles. The molecule has 0 radical (unpaired) electrons. The summed E-state index contributed by atoms with van der Waals surface area (Å²) in [4.78, 5) is 9.66. The van der Waals surface area contributed by atoms with Crippen LogP contribution in [0.2, 0.25) is 0 Å². The number of aldehydes is 1. The van der Waals surface area contributed by atoms with Gasteiger partial charge in [-0.05, 0) is 6.26 Å². The van der Waals surface area contributed by atoms with E-state index in [9.17, 15) is 4.79 Å². The Morgan fingerprint density at radius 1 is 1.71 bits per heavy atom. The maximum Gasteiger partial charge on any atom is 0.120 e. The highest BCUT2D eigenvalue weighted by Gasteiger charge is 1.80. The van der Waals surface area contributed by atoms with Gasteiger partial charge in [0.05, 0.1) is 0 Å². The van der Waals surface area contributed by atoms with Crippen LogP contribution in [0, 0.1) is 0 Å². The van der Waals surface area contributed by atoms with Crippen LogP contribution < -0.4 is 0 Å². The van der Waals surface area contributed by atoms with E-state index >= 15 is 0 Å². The third kappa shape index (κ3) is 6.37. The fourth-order valence-corrected chi connectivity index (χ4v) is 1.33. The number of carbonyl (C=O) groups is 1. The Morgan fingerprint density at radius 3 is 2.86 bits per heavy atom. The molecule has 0 N–H and O–H groups in total. The monoisotopic (exact) mass is 136 g/mol. The van der Waals surface area contributed by atoms with Gasteiger partial charge in [0.1, 0.15) is 6.29 Å². The highest BCUT2D eigenvalue weighted by Crippen LogP contribution is 2.16. The third-order valence-corrected chi connectivity index (χ3v) is 2.28. The Bertz CT molecular complexity index is 47.0. The van der Waals surface area contributed by atoms with Gasteiger partial charge in [0.25, 0.3) is 0 Å². The summed E-state index contributed by atoms with van der Waals surface area (Å²) in [6, 6.07) is 0. The molecular weight excluding hydrogens is 128 g/mol. The van der Waals surface area contributed by atoms with Crippen LogP contribution in [0.1, 0.15) is 6.42 Å². The summed E-state index contributed by atoms with van der Waals surface area (Å²) in [6.07, 6.45) is 3.64. The predicted molar refractivity (Wildman–Crippen MR) is 36.7 cm³/mol. The quantitative estimate of drug-likeness (QED) is 0.332. The van der Waals surface area contributed by atoms with E-state index in [1.165, 1.54) is 0 Å². The van der Waals surface area contributed by atoms with Crippen LogP contribution in [-0.4, -0.2) is 18.3 Å². The Balaban J connectivity index is 2.56. The van der Waals surface area contributed by atoms with Crippen molar-refractivity contribution in [2.75, 3.05) is 12.0 Å². The largest absolute Gasteiger partial charge is 0.303 e. The van der Waals surface area contributed by atoms with Crippen molar-refractivity contribution >= 4 is 27.9 Å². The summed E-state index contributed by atoms with van der Waals surface area (Å²) < 4.78 is 0. The van der Waals surface area contributed by atoms with Gasteiger partial charge in [-0.2, -0.15) is 0 Å². The van der Waals surface area contributed by atoms with Crippen molar-refractivity contribution < 1.29 is 4.79 Å². The van der Waals surface area contributed by atoms with Gasteiger partial charge in [0.15, 0.2) is 0 Å². The van der Waals surface area contributed by atoms with Crippen LogP contribution in [-0.2, 0) is 4.79 Å². The summed E-state index contributed by atoms with van der Waals surface area (Å²) in [7, 11) is 3.42. The average molecular weight is 136 g/mol. The second-order valence-corrected chi connectivity index (χ2v) is 3.63. The summed E-state index contributed by atoms with van der Waals surface area (Å²) in [5, 5.41) is 0. The molecule has 0 aliphatic heterocycles. The first-order valence-corrected chi connectivity index (χ1v) is 4.73. The molecule has 1 nitrogen and oxygen atoms in total. The molecule has 0 fully saturated rings. The molecule has 3 heteroatoms. The first-order chi connectivity index (χ1) is 3.41. The third-order valence-electron chi connectivity index (χ3n) is 0.437. The minimum absolute atomic E-state index is 0.686. The maximum atomic E-state index is 9.66. The fourth-order valence-electron chi connectivity index (χ4n) is 0.180. The van der Waals surface area contributed by atoms with Gasteiger partial charge < -0.3 is 4.79 Å². The smallest absolute Gasteiger partial charge is 0.120 e. The van der Waals surface area contributed by atoms with Gasteiger partial charge in [-0.25, -0.2) is 0 Å². The van der Waals surface area contributed by atoms with Crippen molar-refractivity contribution in [3.63, 3.8) is 0 Å². The zero-order chi connectivity index (χ0) is 5.54. The van der Waals surface area contributed by atoms with Crippen LogP contribution in [0.4, 0.5) is 0 Å². The number of hydrogen-bond donors (Lipinski definition) is 0. The first-order valence-electron chi connectivity index (χ1n) is 2.01. The summed E-state index contributed by atoms with van der Waals surface area (Å²) in [5.74, 6) is 0.949. The number of hydrogen-bond acceptors (Lipinski definition) is 3. The lowest BCUT2D eigenvalue weighted by molar-refractivity contribution is -0.107. The zero-order valence-corrected chi connectivity index (χ0v) is 5.85. The molecule has 0 bridgehead atoms. The van der Waals surface area contributed by atoms with E-state index < -0.39 is 0 Å². The lowest BCUT2D eigenvalue weighted by Crippen LogP contribution is -1.74. The van der Waals surface area contributed by atoms with Crippen LogP contribution in [0.25, 0.3) is 0 Å². The summed E-state index contributed by atoms with van der Waals surface area (Å²) >= 11 is 0. The van der Waals surface area contributed by atoms with E-state index in [0.717, 1.165) is 12.0 Å². The first kappa shape index (κ1) is 7.37. The Morgan fingerprint density at radius 2 is 2.43 bits per heavy atom. The maximum absolute atomic E-state index is 9.66. The van der Waals surface area contributed by atoms with Crippen molar-refractivity contribution in [1.82, 2.24) is 0 Å². The molecule has 0 aliphatic carbocycles. The fraction of sp³-hybridized carbons (Fsp3) is 0.750. The van der Waals surface area contributed by atoms with Crippen LogP contribution in [0.5, 0.6) is 0 Å². The standard InChI is InChI=1S/C4H8OS2/c1-6-7-4-2-3-5/h3H,2,4H2,1H3. The second kappa shape index (κ2) is 6.37. The molecule has 0 spiro atoms. The molecule has 0 atom stereocenters. The van der Waals surface area contributed by atoms with Gasteiger partial charge >= 0.3 is 0 Å². The molecule has 42 valence electrons.